The maximum atomic E-state index is 6.09. The van der Waals surface area contributed by atoms with Gasteiger partial charge < -0.3 is 5.73 Å². The van der Waals surface area contributed by atoms with Crippen molar-refractivity contribution in [3.63, 3.8) is 0 Å². The van der Waals surface area contributed by atoms with Crippen molar-refractivity contribution in [2.24, 2.45) is 5.73 Å². The molecule has 2 N–H and O–H groups in total. The number of hydrogen-bond donors (Lipinski definition) is 1. The highest BCUT2D eigenvalue weighted by atomic mass is 15.2. The predicted octanol–water partition coefficient (Wildman–Crippen LogP) is 3.36. The number of benzene rings is 2. The summed E-state index contributed by atoms with van der Waals surface area (Å²) in [5.41, 5.74) is 13.1. The fourth-order valence-electron chi connectivity index (χ4n) is 3.36. The molecular weight excluding hydrogens is 256 g/mol. The molecule has 0 aromatic heterocycles. The first kappa shape index (κ1) is 14.3. The van der Waals surface area contributed by atoms with Crippen LogP contribution in [0.2, 0.25) is 0 Å². The number of nitrogens with two attached hydrogens (primary N) is 1. The number of rotatable bonds is 3. The largest absolute Gasteiger partial charge is 0.329 e. The molecule has 0 spiro atoms. The van der Waals surface area contributed by atoms with Crippen LogP contribution in [0, 0.1) is 13.8 Å². The summed E-state index contributed by atoms with van der Waals surface area (Å²) < 4.78 is 0. The van der Waals surface area contributed by atoms with E-state index >= 15 is 0 Å². The molecule has 21 heavy (non-hydrogen) atoms. The van der Waals surface area contributed by atoms with Gasteiger partial charge in [-0.15, -0.1) is 0 Å². The quantitative estimate of drug-likeness (QED) is 0.934. The van der Waals surface area contributed by atoms with Crippen molar-refractivity contribution in [1.29, 1.82) is 0 Å². The van der Waals surface area contributed by atoms with Gasteiger partial charge in [-0.3, -0.25) is 4.90 Å². The predicted molar refractivity (Wildman–Crippen MR) is 88.3 cm³/mol. The smallest absolute Gasteiger partial charge is 0.0476 e. The molecule has 3 rings (SSSR count). The molecule has 2 aromatic carbocycles. The summed E-state index contributed by atoms with van der Waals surface area (Å²) in [6.07, 6.45) is 1.12. The summed E-state index contributed by atoms with van der Waals surface area (Å²) in [4.78, 5) is 2.53. The Morgan fingerprint density at radius 1 is 1.14 bits per heavy atom. The Bertz CT molecular complexity index is 633. The van der Waals surface area contributed by atoms with Gasteiger partial charge in [0.15, 0.2) is 0 Å². The van der Waals surface area contributed by atoms with Crippen molar-refractivity contribution in [2.45, 2.75) is 32.9 Å². The summed E-state index contributed by atoms with van der Waals surface area (Å²) in [5.74, 6) is 0. The molecule has 1 heterocycles. The van der Waals surface area contributed by atoms with E-state index in [2.05, 4.69) is 61.2 Å². The van der Waals surface area contributed by atoms with Crippen LogP contribution in [0.15, 0.2) is 42.5 Å². The Morgan fingerprint density at radius 3 is 2.76 bits per heavy atom. The normalized spacial score (nSPS) is 18.5. The standard InChI is InChI=1S/C19H24N2/c1-14-7-8-15(2)17(11-14)13-21-10-9-16-5-3-4-6-18(16)19(21)12-20/h3-8,11,19H,9-10,12-13,20H2,1-2H3. The topological polar surface area (TPSA) is 29.3 Å². The highest BCUT2D eigenvalue weighted by Gasteiger charge is 2.26. The highest BCUT2D eigenvalue weighted by Crippen LogP contribution is 2.30. The van der Waals surface area contributed by atoms with Crippen LogP contribution < -0.4 is 5.73 Å². The molecule has 1 aliphatic heterocycles. The molecule has 1 unspecified atom stereocenters. The second-order valence-corrected chi connectivity index (χ2v) is 6.10. The number of aryl methyl sites for hydroxylation is 2. The molecule has 0 bridgehead atoms. The Balaban J connectivity index is 1.88. The van der Waals surface area contributed by atoms with E-state index in [1.165, 1.54) is 27.8 Å². The zero-order valence-corrected chi connectivity index (χ0v) is 13.0. The van der Waals surface area contributed by atoms with Gasteiger partial charge in [0.25, 0.3) is 0 Å². The molecule has 2 nitrogen and oxygen atoms in total. The van der Waals surface area contributed by atoms with Crippen LogP contribution in [0.5, 0.6) is 0 Å². The van der Waals surface area contributed by atoms with Gasteiger partial charge in [-0.1, -0.05) is 48.0 Å². The van der Waals surface area contributed by atoms with Crippen LogP contribution in [0.25, 0.3) is 0 Å². The molecule has 0 radical (unpaired) electrons. The minimum Gasteiger partial charge on any atom is -0.329 e. The van der Waals surface area contributed by atoms with Crippen molar-refractivity contribution in [2.75, 3.05) is 13.1 Å². The van der Waals surface area contributed by atoms with Gasteiger partial charge in [-0.25, -0.2) is 0 Å². The average molecular weight is 280 g/mol. The van der Waals surface area contributed by atoms with Crippen LogP contribution >= 0.6 is 0 Å². The Labute approximate surface area is 127 Å². The highest BCUT2D eigenvalue weighted by molar-refractivity contribution is 5.34. The van der Waals surface area contributed by atoms with Crippen molar-refractivity contribution >= 4 is 0 Å². The molecule has 0 saturated carbocycles. The molecule has 0 amide bonds. The van der Waals surface area contributed by atoms with E-state index in [9.17, 15) is 0 Å². The SMILES string of the molecule is Cc1ccc(C)c(CN2CCc3ccccc3C2CN)c1. The lowest BCUT2D eigenvalue weighted by molar-refractivity contribution is 0.180. The summed E-state index contributed by atoms with van der Waals surface area (Å²) in [6, 6.07) is 15.8. The van der Waals surface area contributed by atoms with Gasteiger partial charge in [0.1, 0.15) is 0 Å². The third-order valence-corrected chi connectivity index (χ3v) is 4.62. The van der Waals surface area contributed by atoms with E-state index in [0.29, 0.717) is 12.6 Å². The number of nitrogens with zero attached hydrogens (tertiary/aromatic N) is 1. The van der Waals surface area contributed by atoms with Gasteiger partial charge in [-0.2, -0.15) is 0 Å². The first-order valence-corrected chi connectivity index (χ1v) is 7.77. The van der Waals surface area contributed by atoms with Crippen LogP contribution in [0.3, 0.4) is 0 Å². The van der Waals surface area contributed by atoms with Gasteiger partial charge in [0.05, 0.1) is 0 Å². The minimum atomic E-state index is 0.342. The first-order valence-electron chi connectivity index (χ1n) is 7.77. The zero-order valence-electron chi connectivity index (χ0n) is 13.0. The Kier molecular flexibility index (Phi) is 4.09. The van der Waals surface area contributed by atoms with E-state index in [1.807, 2.05) is 0 Å². The van der Waals surface area contributed by atoms with E-state index in [-0.39, 0.29) is 0 Å². The maximum Gasteiger partial charge on any atom is 0.0476 e. The summed E-state index contributed by atoms with van der Waals surface area (Å²) in [7, 11) is 0. The fraction of sp³-hybridized carbons (Fsp3) is 0.368. The Hall–Kier alpha value is -1.64. The molecule has 1 aliphatic rings. The van der Waals surface area contributed by atoms with Crippen molar-refractivity contribution in [3.05, 3.63) is 70.3 Å². The third kappa shape index (κ3) is 2.87. The van der Waals surface area contributed by atoms with Crippen LogP contribution in [0.4, 0.5) is 0 Å². The molecule has 110 valence electrons. The molecule has 2 aromatic rings. The minimum absolute atomic E-state index is 0.342. The van der Waals surface area contributed by atoms with Crippen molar-refractivity contribution in [1.82, 2.24) is 4.90 Å². The van der Waals surface area contributed by atoms with E-state index < -0.39 is 0 Å². The molecule has 0 saturated heterocycles. The molecule has 0 fully saturated rings. The lowest BCUT2D eigenvalue weighted by atomic mass is 9.92. The zero-order chi connectivity index (χ0) is 14.8. The first-order chi connectivity index (χ1) is 10.2. The van der Waals surface area contributed by atoms with E-state index in [1.54, 1.807) is 0 Å². The second-order valence-electron chi connectivity index (χ2n) is 6.10. The van der Waals surface area contributed by atoms with Crippen molar-refractivity contribution < 1.29 is 0 Å². The molecular formula is C19H24N2. The van der Waals surface area contributed by atoms with Gasteiger partial charge in [0, 0.05) is 25.7 Å². The van der Waals surface area contributed by atoms with Crippen LogP contribution in [-0.2, 0) is 13.0 Å². The molecule has 2 heteroatoms. The fourth-order valence-corrected chi connectivity index (χ4v) is 3.36. The van der Waals surface area contributed by atoms with E-state index in [0.717, 1.165) is 19.5 Å². The lowest BCUT2D eigenvalue weighted by Crippen LogP contribution is -2.39. The Morgan fingerprint density at radius 2 is 1.95 bits per heavy atom. The van der Waals surface area contributed by atoms with Crippen LogP contribution in [-0.4, -0.2) is 18.0 Å². The second kappa shape index (κ2) is 6.00. The summed E-state index contributed by atoms with van der Waals surface area (Å²) in [5, 5.41) is 0. The van der Waals surface area contributed by atoms with Gasteiger partial charge in [-0.05, 0) is 42.5 Å². The molecule has 1 atom stereocenters. The maximum absolute atomic E-state index is 6.09. The third-order valence-electron chi connectivity index (χ3n) is 4.62. The van der Waals surface area contributed by atoms with Crippen molar-refractivity contribution in [3.8, 4) is 0 Å². The van der Waals surface area contributed by atoms with E-state index in [4.69, 9.17) is 5.73 Å². The number of hydrogen-bond acceptors (Lipinski definition) is 2. The van der Waals surface area contributed by atoms with Gasteiger partial charge >= 0.3 is 0 Å². The average Bonchev–Trinajstić information content (AvgIpc) is 2.50. The monoisotopic (exact) mass is 280 g/mol. The molecule has 0 aliphatic carbocycles. The summed E-state index contributed by atoms with van der Waals surface area (Å²) in [6.45, 7) is 7.12. The van der Waals surface area contributed by atoms with Gasteiger partial charge in [0.2, 0.25) is 0 Å². The number of fused-ring (bicyclic) bond motifs is 1. The summed E-state index contributed by atoms with van der Waals surface area (Å²) >= 11 is 0. The van der Waals surface area contributed by atoms with Crippen LogP contribution in [0.1, 0.15) is 33.9 Å². The lowest BCUT2D eigenvalue weighted by Gasteiger charge is -2.37.